The molecule has 0 unspecified atom stereocenters. The summed E-state index contributed by atoms with van der Waals surface area (Å²) in [6.07, 6.45) is 0. The monoisotopic (exact) mass is 272 g/mol. The fraction of sp³-hybridized carbons (Fsp3) is 0.200. The lowest BCUT2D eigenvalue weighted by molar-refractivity contribution is -0.131. The summed E-state index contributed by atoms with van der Waals surface area (Å²) < 4.78 is 9.99. The van der Waals surface area contributed by atoms with Gasteiger partial charge in [-0.25, -0.2) is 4.79 Å². The van der Waals surface area contributed by atoms with E-state index < -0.39 is 11.9 Å². The van der Waals surface area contributed by atoms with Crippen molar-refractivity contribution in [3.05, 3.63) is 28.2 Å². The molecule has 15 heavy (non-hydrogen) atoms. The predicted molar refractivity (Wildman–Crippen MR) is 56.8 cm³/mol. The molecule has 0 aliphatic rings. The van der Waals surface area contributed by atoms with Crippen LogP contribution in [-0.4, -0.2) is 19.0 Å². The minimum Gasteiger partial charge on any atom is -0.465 e. The topological polar surface area (TPSA) is 52.6 Å². The fourth-order valence-electron chi connectivity index (χ4n) is 1.00. The molecule has 0 saturated carbocycles. The second kappa shape index (κ2) is 4.93. The molecule has 1 aromatic rings. The molecule has 0 aromatic heterocycles. The maximum atomic E-state index is 11.3. The van der Waals surface area contributed by atoms with Gasteiger partial charge < -0.3 is 9.47 Å². The number of benzene rings is 1. The lowest BCUT2D eigenvalue weighted by Crippen LogP contribution is -2.05. The maximum absolute atomic E-state index is 11.3. The molecular formula is C10H9BrO4. The number of carbonyl (C=O) groups excluding carboxylic acids is 2. The van der Waals surface area contributed by atoms with Gasteiger partial charge in [-0.15, -0.1) is 0 Å². The van der Waals surface area contributed by atoms with Gasteiger partial charge in [0.05, 0.1) is 12.7 Å². The number of halogens is 1. The van der Waals surface area contributed by atoms with Crippen molar-refractivity contribution in [1.82, 2.24) is 0 Å². The first kappa shape index (κ1) is 11.7. The van der Waals surface area contributed by atoms with Crippen molar-refractivity contribution in [2.75, 3.05) is 7.11 Å². The Hall–Kier alpha value is -1.36. The van der Waals surface area contributed by atoms with Crippen molar-refractivity contribution in [1.29, 1.82) is 0 Å². The highest BCUT2D eigenvalue weighted by Gasteiger charge is 2.12. The molecule has 0 saturated heterocycles. The lowest BCUT2D eigenvalue weighted by atomic mass is 10.2. The van der Waals surface area contributed by atoms with Crippen LogP contribution in [0, 0.1) is 0 Å². The predicted octanol–water partition coefficient (Wildman–Crippen LogP) is 2.16. The standard InChI is InChI=1S/C10H9BrO4/c1-6(12)15-7-3-4-9(11)8(5-7)10(13)14-2/h3-5H,1-2H3. The summed E-state index contributed by atoms with van der Waals surface area (Å²) in [5.41, 5.74) is 0.316. The van der Waals surface area contributed by atoms with Gasteiger partial charge in [0.25, 0.3) is 0 Å². The normalized spacial score (nSPS) is 9.53. The van der Waals surface area contributed by atoms with Gasteiger partial charge >= 0.3 is 11.9 Å². The Balaban J connectivity index is 3.05. The molecule has 0 heterocycles. The molecule has 1 aromatic carbocycles. The third kappa shape index (κ3) is 3.06. The number of hydrogen-bond donors (Lipinski definition) is 0. The van der Waals surface area contributed by atoms with Gasteiger partial charge in [-0.05, 0) is 34.1 Å². The Morgan fingerprint density at radius 3 is 2.53 bits per heavy atom. The molecule has 0 fully saturated rings. The summed E-state index contributed by atoms with van der Waals surface area (Å²) in [5.74, 6) is -0.616. The first-order chi connectivity index (χ1) is 7.04. The largest absolute Gasteiger partial charge is 0.465 e. The zero-order valence-corrected chi connectivity index (χ0v) is 9.83. The summed E-state index contributed by atoms with van der Waals surface area (Å²) in [4.78, 5) is 22.0. The van der Waals surface area contributed by atoms with Crippen molar-refractivity contribution in [2.45, 2.75) is 6.92 Å². The summed E-state index contributed by atoms with van der Waals surface area (Å²) >= 11 is 3.20. The Kier molecular flexibility index (Phi) is 3.85. The molecule has 1 rings (SSSR count). The van der Waals surface area contributed by atoms with E-state index in [0.717, 1.165) is 0 Å². The van der Waals surface area contributed by atoms with Gasteiger partial charge in [-0.3, -0.25) is 4.79 Å². The van der Waals surface area contributed by atoms with Crippen LogP contribution in [0.4, 0.5) is 0 Å². The molecule has 0 atom stereocenters. The van der Waals surface area contributed by atoms with Crippen molar-refractivity contribution >= 4 is 27.9 Å². The molecule has 0 aliphatic carbocycles. The summed E-state index contributed by atoms with van der Waals surface area (Å²) in [7, 11) is 1.28. The maximum Gasteiger partial charge on any atom is 0.339 e. The summed E-state index contributed by atoms with van der Waals surface area (Å²) in [5, 5.41) is 0. The van der Waals surface area contributed by atoms with E-state index in [-0.39, 0.29) is 0 Å². The Morgan fingerprint density at radius 2 is 2.00 bits per heavy atom. The molecule has 0 radical (unpaired) electrons. The number of esters is 2. The van der Waals surface area contributed by atoms with Crippen LogP contribution in [0.5, 0.6) is 5.75 Å². The second-order valence-corrected chi connectivity index (χ2v) is 3.58. The van der Waals surface area contributed by atoms with Crippen LogP contribution < -0.4 is 4.74 Å². The smallest absolute Gasteiger partial charge is 0.339 e. The molecule has 0 amide bonds. The van der Waals surface area contributed by atoms with E-state index in [1.807, 2.05) is 0 Å². The second-order valence-electron chi connectivity index (χ2n) is 2.73. The van der Waals surface area contributed by atoms with Crippen molar-refractivity contribution in [2.24, 2.45) is 0 Å². The average molecular weight is 273 g/mol. The molecule has 4 nitrogen and oxygen atoms in total. The number of hydrogen-bond acceptors (Lipinski definition) is 4. The van der Waals surface area contributed by atoms with Gasteiger partial charge in [0.2, 0.25) is 0 Å². The number of carbonyl (C=O) groups is 2. The summed E-state index contributed by atoms with van der Waals surface area (Å²) in [6.45, 7) is 1.29. The Morgan fingerprint density at radius 1 is 1.33 bits per heavy atom. The van der Waals surface area contributed by atoms with Crippen LogP contribution in [0.3, 0.4) is 0 Å². The van der Waals surface area contributed by atoms with Gasteiger partial charge in [-0.1, -0.05) is 0 Å². The van der Waals surface area contributed by atoms with E-state index in [4.69, 9.17) is 4.74 Å². The van der Waals surface area contributed by atoms with E-state index >= 15 is 0 Å². The van der Waals surface area contributed by atoms with Crippen molar-refractivity contribution in [3.8, 4) is 5.75 Å². The third-order valence-corrected chi connectivity index (χ3v) is 2.30. The number of ether oxygens (including phenoxy) is 2. The van der Waals surface area contributed by atoms with Crippen molar-refractivity contribution in [3.63, 3.8) is 0 Å². The fourth-order valence-corrected chi connectivity index (χ4v) is 1.41. The SMILES string of the molecule is COC(=O)c1cc(OC(C)=O)ccc1Br. The van der Waals surface area contributed by atoms with E-state index in [2.05, 4.69) is 20.7 Å². The first-order valence-electron chi connectivity index (χ1n) is 4.11. The quantitative estimate of drug-likeness (QED) is 0.612. The van der Waals surface area contributed by atoms with Crippen LogP contribution >= 0.6 is 15.9 Å². The molecule has 0 aliphatic heterocycles. The zero-order valence-electron chi connectivity index (χ0n) is 8.24. The zero-order chi connectivity index (χ0) is 11.4. The van der Waals surface area contributed by atoms with E-state index in [0.29, 0.717) is 15.8 Å². The van der Waals surface area contributed by atoms with Crippen LogP contribution in [0.2, 0.25) is 0 Å². The molecule has 80 valence electrons. The minimum absolute atomic E-state index is 0.311. The highest BCUT2D eigenvalue weighted by atomic mass is 79.9. The molecule has 0 bridgehead atoms. The molecule has 5 heteroatoms. The molecule has 0 spiro atoms. The number of rotatable bonds is 2. The molecule has 0 N–H and O–H groups in total. The summed E-state index contributed by atoms with van der Waals surface area (Å²) in [6, 6.07) is 4.64. The highest BCUT2D eigenvalue weighted by molar-refractivity contribution is 9.10. The van der Waals surface area contributed by atoms with Gasteiger partial charge in [0.15, 0.2) is 0 Å². The van der Waals surface area contributed by atoms with Crippen LogP contribution in [0.25, 0.3) is 0 Å². The van der Waals surface area contributed by atoms with Crippen LogP contribution in [0.1, 0.15) is 17.3 Å². The van der Waals surface area contributed by atoms with Crippen molar-refractivity contribution < 1.29 is 19.1 Å². The third-order valence-electron chi connectivity index (χ3n) is 1.60. The lowest BCUT2D eigenvalue weighted by Gasteiger charge is -2.05. The van der Waals surface area contributed by atoms with E-state index in [1.54, 1.807) is 12.1 Å². The highest BCUT2D eigenvalue weighted by Crippen LogP contribution is 2.23. The van der Waals surface area contributed by atoms with Gasteiger partial charge in [0, 0.05) is 11.4 Å². The Bertz CT molecular complexity index is 400. The van der Waals surface area contributed by atoms with Gasteiger partial charge in [-0.2, -0.15) is 0 Å². The molecular weight excluding hydrogens is 264 g/mol. The Labute approximate surface area is 95.3 Å². The first-order valence-corrected chi connectivity index (χ1v) is 4.90. The minimum atomic E-state index is -0.490. The van der Waals surface area contributed by atoms with E-state index in [9.17, 15) is 9.59 Å². The average Bonchev–Trinajstić information content (AvgIpc) is 2.19. The van der Waals surface area contributed by atoms with Gasteiger partial charge in [0.1, 0.15) is 5.75 Å². The number of methoxy groups -OCH3 is 1. The van der Waals surface area contributed by atoms with Crippen LogP contribution in [-0.2, 0) is 9.53 Å². The van der Waals surface area contributed by atoms with Crippen LogP contribution in [0.15, 0.2) is 22.7 Å². The van der Waals surface area contributed by atoms with E-state index in [1.165, 1.54) is 20.1 Å².